The molecular weight excluding hydrogens is 634 g/mol. The van der Waals surface area contributed by atoms with Crippen LogP contribution in [0.5, 0.6) is 11.5 Å². The van der Waals surface area contributed by atoms with E-state index in [1.165, 1.54) is 33.8 Å². The number of hydrogen-bond donors (Lipinski definition) is 2. The number of amides is 1. The Balaban J connectivity index is 0.000000251. The molecule has 4 rings (SSSR count). The van der Waals surface area contributed by atoms with E-state index < -0.39 is 31.6 Å². The maximum Gasteiger partial charge on any atom is 0.341 e. The Bertz CT molecular complexity index is 1670. The fraction of sp³-hybridized carbons (Fsp3) is 0.531. The predicted molar refractivity (Wildman–Crippen MR) is 175 cm³/mol. The number of carbonyl (C=O) groups is 2. The molecule has 14 heteroatoms. The largest absolute Gasteiger partial charge is 0.495 e. The van der Waals surface area contributed by atoms with Crippen LogP contribution >= 0.6 is 0 Å². The lowest BCUT2D eigenvalue weighted by atomic mass is 9.83. The maximum atomic E-state index is 12.4. The van der Waals surface area contributed by atoms with Crippen LogP contribution in [0.3, 0.4) is 0 Å². The number of carbonyl (C=O) groups excluding carboxylic acids is 2. The summed E-state index contributed by atoms with van der Waals surface area (Å²) in [5.74, 6) is -1.28. The quantitative estimate of drug-likeness (QED) is 0.227. The number of ether oxygens (including phenoxy) is 3. The number of guanidine groups is 1. The highest BCUT2D eigenvalue weighted by atomic mass is 32.2. The zero-order valence-corrected chi connectivity index (χ0v) is 28.8. The Morgan fingerprint density at radius 2 is 1.07 bits per heavy atom. The topological polar surface area (TPSA) is 195 Å². The van der Waals surface area contributed by atoms with E-state index in [1.54, 1.807) is 18.2 Å². The van der Waals surface area contributed by atoms with Crippen LogP contribution in [0.15, 0.2) is 39.0 Å². The molecule has 0 aliphatic heterocycles. The van der Waals surface area contributed by atoms with E-state index in [4.69, 9.17) is 25.7 Å². The minimum atomic E-state index is -3.60. The van der Waals surface area contributed by atoms with Gasteiger partial charge < -0.3 is 25.7 Å². The minimum Gasteiger partial charge on any atom is -0.495 e. The zero-order valence-electron chi connectivity index (χ0n) is 27.1. The van der Waals surface area contributed by atoms with Crippen LogP contribution in [0.4, 0.5) is 0 Å². The van der Waals surface area contributed by atoms with Crippen LogP contribution < -0.4 is 20.9 Å². The second-order valence-electron chi connectivity index (χ2n) is 11.7. The van der Waals surface area contributed by atoms with Gasteiger partial charge in [0.25, 0.3) is 5.91 Å². The molecule has 0 aromatic heterocycles. The highest BCUT2D eigenvalue weighted by molar-refractivity contribution is 7.91. The lowest BCUT2D eigenvalue weighted by Gasteiger charge is -2.25. The molecule has 2 aliphatic rings. The maximum absolute atomic E-state index is 12.4. The molecule has 2 aromatic rings. The number of rotatable bonds is 8. The summed E-state index contributed by atoms with van der Waals surface area (Å²) < 4.78 is 64.7. The molecule has 0 atom stereocenters. The molecule has 2 fully saturated rings. The molecule has 2 aromatic carbocycles. The molecule has 12 nitrogen and oxygen atoms in total. The normalized spacial score (nSPS) is 16.0. The first kappa shape index (κ1) is 36.8. The fourth-order valence-corrected chi connectivity index (χ4v) is 8.80. The Labute approximate surface area is 271 Å². The van der Waals surface area contributed by atoms with Gasteiger partial charge in [0.15, 0.2) is 37.1 Å². The summed E-state index contributed by atoms with van der Waals surface area (Å²) in [5.41, 5.74) is 12.1. The summed E-state index contributed by atoms with van der Waals surface area (Å²) in [5, 5.41) is 0. The standard InChI is InChI=1S/C16H23N3O4S.C16H22O5S/c1-23-13-12(15(20)19-16(17)18)9-8-11(14(13)24(2,21)22)10-6-4-3-5-7-10;1-20-14-13(16(17)21-2)10-9-12(15(14)22(3,18)19)11-7-5-4-6-8-11/h8-10H,3-7H2,1-2H3,(H4,17,18,19,20);9-11H,4-8H2,1-3H3. The summed E-state index contributed by atoms with van der Waals surface area (Å²) in [6.45, 7) is 0. The summed E-state index contributed by atoms with van der Waals surface area (Å²) in [6.07, 6.45) is 12.7. The first-order valence-electron chi connectivity index (χ1n) is 15.2. The minimum absolute atomic E-state index is 0.00979. The number of aliphatic imine (C=N–C) groups is 1. The van der Waals surface area contributed by atoms with E-state index in [1.807, 2.05) is 0 Å². The van der Waals surface area contributed by atoms with Crippen molar-refractivity contribution in [1.29, 1.82) is 0 Å². The molecule has 2 saturated carbocycles. The highest BCUT2D eigenvalue weighted by Gasteiger charge is 2.31. The van der Waals surface area contributed by atoms with Crippen LogP contribution in [-0.4, -0.2) is 68.5 Å². The van der Waals surface area contributed by atoms with Crippen molar-refractivity contribution in [3.05, 3.63) is 46.5 Å². The molecule has 0 bridgehead atoms. The molecule has 0 heterocycles. The van der Waals surface area contributed by atoms with E-state index in [0.717, 1.165) is 75.9 Å². The lowest BCUT2D eigenvalue weighted by molar-refractivity contribution is 0.0596. The Morgan fingerprint density at radius 3 is 1.41 bits per heavy atom. The third-order valence-electron chi connectivity index (χ3n) is 8.39. The van der Waals surface area contributed by atoms with E-state index in [2.05, 4.69) is 4.99 Å². The molecule has 46 heavy (non-hydrogen) atoms. The second-order valence-corrected chi connectivity index (χ2v) is 15.6. The molecule has 0 saturated heterocycles. The van der Waals surface area contributed by atoms with Gasteiger partial charge in [-0.25, -0.2) is 21.6 Å². The molecule has 4 N–H and O–H groups in total. The third kappa shape index (κ3) is 8.78. The van der Waals surface area contributed by atoms with Crippen LogP contribution in [-0.2, 0) is 24.4 Å². The van der Waals surface area contributed by atoms with E-state index in [0.29, 0.717) is 5.56 Å². The predicted octanol–water partition coefficient (Wildman–Crippen LogP) is 4.49. The van der Waals surface area contributed by atoms with Crippen molar-refractivity contribution >= 4 is 37.5 Å². The van der Waals surface area contributed by atoms with Crippen LogP contribution in [0.2, 0.25) is 0 Å². The average Bonchev–Trinajstić information content (AvgIpc) is 3.02. The van der Waals surface area contributed by atoms with Crippen molar-refractivity contribution in [1.82, 2.24) is 0 Å². The van der Waals surface area contributed by atoms with Crippen LogP contribution in [0.1, 0.15) is 108 Å². The van der Waals surface area contributed by atoms with Gasteiger partial charge in [0.2, 0.25) is 0 Å². The number of hydrogen-bond acceptors (Lipinski definition) is 9. The summed E-state index contributed by atoms with van der Waals surface area (Å²) in [6, 6.07) is 6.56. The van der Waals surface area contributed by atoms with Crippen LogP contribution in [0.25, 0.3) is 0 Å². The fourth-order valence-electron chi connectivity index (χ4n) is 6.41. The number of methoxy groups -OCH3 is 3. The van der Waals surface area contributed by atoms with Gasteiger partial charge in [-0.05, 0) is 60.8 Å². The molecule has 1 amide bonds. The van der Waals surface area contributed by atoms with Crippen molar-refractivity contribution < 1.29 is 40.6 Å². The molecule has 0 unspecified atom stereocenters. The van der Waals surface area contributed by atoms with Gasteiger partial charge in [-0.1, -0.05) is 50.7 Å². The monoisotopic (exact) mass is 679 g/mol. The first-order chi connectivity index (χ1) is 21.6. The summed E-state index contributed by atoms with van der Waals surface area (Å²) in [7, 11) is -3.15. The van der Waals surface area contributed by atoms with Gasteiger partial charge in [-0.2, -0.15) is 4.99 Å². The van der Waals surface area contributed by atoms with Gasteiger partial charge in [0, 0.05) is 12.5 Å². The van der Waals surface area contributed by atoms with Crippen LogP contribution in [0, 0.1) is 0 Å². The number of nitrogens with two attached hydrogens (primary N) is 2. The van der Waals surface area contributed by atoms with Crippen molar-refractivity contribution in [3.63, 3.8) is 0 Å². The van der Waals surface area contributed by atoms with Crippen molar-refractivity contribution in [3.8, 4) is 11.5 Å². The Kier molecular flexibility index (Phi) is 12.6. The smallest absolute Gasteiger partial charge is 0.341 e. The van der Waals surface area contributed by atoms with Crippen molar-refractivity contribution in [2.75, 3.05) is 33.8 Å². The highest BCUT2D eigenvalue weighted by Crippen LogP contribution is 2.42. The molecule has 2 aliphatic carbocycles. The van der Waals surface area contributed by atoms with Crippen molar-refractivity contribution in [2.45, 2.75) is 85.8 Å². The average molecular weight is 680 g/mol. The molecule has 254 valence electrons. The second kappa shape index (κ2) is 15.8. The molecular formula is C32H45N3O9S2. The Hall–Kier alpha value is -3.65. The summed E-state index contributed by atoms with van der Waals surface area (Å²) >= 11 is 0. The van der Waals surface area contributed by atoms with Gasteiger partial charge in [-0.3, -0.25) is 4.79 Å². The van der Waals surface area contributed by atoms with Gasteiger partial charge in [-0.15, -0.1) is 0 Å². The lowest BCUT2D eigenvalue weighted by Crippen LogP contribution is -2.24. The molecule has 0 spiro atoms. The molecule has 0 radical (unpaired) electrons. The zero-order chi connectivity index (χ0) is 34.2. The number of sulfone groups is 2. The van der Waals surface area contributed by atoms with Gasteiger partial charge in [0.1, 0.15) is 15.4 Å². The van der Waals surface area contributed by atoms with E-state index in [-0.39, 0.29) is 50.2 Å². The van der Waals surface area contributed by atoms with Gasteiger partial charge >= 0.3 is 5.97 Å². The number of nitrogens with zero attached hydrogens (tertiary/aromatic N) is 1. The van der Waals surface area contributed by atoms with Crippen molar-refractivity contribution in [2.24, 2.45) is 16.5 Å². The summed E-state index contributed by atoms with van der Waals surface area (Å²) in [4.78, 5) is 27.7. The van der Waals surface area contributed by atoms with E-state index in [9.17, 15) is 26.4 Å². The number of esters is 1. The van der Waals surface area contributed by atoms with E-state index >= 15 is 0 Å². The number of benzene rings is 2. The Morgan fingerprint density at radius 1 is 0.674 bits per heavy atom. The SMILES string of the molecule is COC(=O)c1ccc(C2CCCCC2)c(S(C)(=O)=O)c1OC.COc1c(C(=O)N=C(N)N)ccc(C2CCCCC2)c1S(C)(=O)=O. The third-order valence-corrected chi connectivity index (χ3v) is 10.7. The van der Waals surface area contributed by atoms with Gasteiger partial charge in [0.05, 0.1) is 26.9 Å². The first-order valence-corrected chi connectivity index (χ1v) is 19.0.